The summed E-state index contributed by atoms with van der Waals surface area (Å²) in [6.45, 7) is 6.60. The molecule has 2 amide bonds. The van der Waals surface area contributed by atoms with Crippen molar-refractivity contribution in [2.75, 3.05) is 23.7 Å². The predicted molar refractivity (Wildman–Crippen MR) is 176 cm³/mol. The molecule has 0 fully saturated rings. The number of hydrogen-bond donors (Lipinski definition) is 1. The van der Waals surface area contributed by atoms with Crippen LogP contribution in [0, 0.1) is 13.8 Å². The number of carbonyl (C=O) groups is 2. The standard InChI is InChI=1S/C33H41Cl2N3O4S/c1-5-6-16-36-33(40)31(21-26-11-8-7-9-12-26)37(23-27-14-15-28(34)22-30(27)35)32(39)13-10-17-38(43(4,41)42)29-19-24(2)18-25(3)20-29/h7-9,11-12,14-15,18-20,22,31H,5-6,10,13,16-17,21,23H2,1-4H3,(H,36,40)/t31-/m0/s1. The maximum absolute atomic E-state index is 14.0. The fourth-order valence-corrected chi connectivity index (χ4v) is 6.41. The van der Waals surface area contributed by atoms with Crippen LogP contribution < -0.4 is 9.62 Å². The molecule has 0 aliphatic carbocycles. The van der Waals surface area contributed by atoms with Gasteiger partial charge in [-0.05, 0) is 73.2 Å². The highest BCUT2D eigenvalue weighted by molar-refractivity contribution is 7.92. The van der Waals surface area contributed by atoms with Gasteiger partial charge in [-0.3, -0.25) is 13.9 Å². The summed E-state index contributed by atoms with van der Waals surface area (Å²) in [6, 6.07) is 19.4. The maximum atomic E-state index is 14.0. The molecule has 0 radical (unpaired) electrons. The summed E-state index contributed by atoms with van der Waals surface area (Å²) in [5.74, 6) is -0.518. The van der Waals surface area contributed by atoms with Gasteiger partial charge in [0.25, 0.3) is 0 Å². The summed E-state index contributed by atoms with van der Waals surface area (Å²) < 4.78 is 26.8. The number of rotatable bonds is 15. The minimum absolute atomic E-state index is 0.0373. The smallest absolute Gasteiger partial charge is 0.243 e. The lowest BCUT2D eigenvalue weighted by atomic mass is 10.0. The number of halogens is 2. The first-order valence-corrected chi connectivity index (χ1v) is 17.1. The van der Waals surface area contributed by atoms with Gasteiger partial charge in [0.05, 0.1) is 11.9 Å². The van der Waals surface area contributed by atoms with E-state index in [2.05, 4.69) is 5.32 Å². The SMILES string of the molecule is CCCCNC(=O)[C@H](Cc1ccccc1)N(Cc1ccc(Cl)cc1Cl)C(=O)CCCN(c1cc(C)cc(C)c1)S(C)(=O)=O. The Morgan fingerprint density at radius 3 is 2.21 bits per heavy atom. The molecule has 0 bridgehead atoms. The van der Waals surface area contributed by atoms with Crippen LogP contribution >= 0.6 is 23.2 Å². The number of nitrogens with one attached hydrogen (secondary N) is 1. The monoisotopic (exact) mass is 645 g/mol. The molecule has 1 N–H and O–H groups in total. The minimum Gasteiger partial charge on any atom is -0.354 e. The van der Waals surface area contributed by atoms with E-state index < -0.39 is 16.1 Å². The summed E-state index contributed by atoms with van der Waals surface area (Å²) in [4.78, 5) is 29.2. The van der Waals surface area contributed by atoms with Crippen molar-refractivity contribution in [1.82, 2.24) is 10.2 Å². The second kappa shape index (κ2) is 16.1. The van der Waals surface area contributed by atoms with Crippen LogP contribution in [0.5, 0.6) is 0 Å². The number of sulfonamides is 1. The Balaban J connectivity index is 1.91. The molecule has 0 heterocycles. The number of anilines is 1. The molecule has 0 saturated heterocycles. The fourth-order valence-electron chi connectivity index (χ4n) is 4.99. The molecule has 3 rings (SSSR count). The molecule has 10 heteroatoms. The lowest BCUT2D eigenvalue weighted by molar-refractivity contribution is -0.141. The highest BCUT2D eigenvalue weighted by Crippen LogP contribution is 2.26. The Hall–Kier alpha value is -3.07. The third kappa shape index (κ3) is 10.6. The Morgan fingerprint density at radius 1 is 0.930 bits per heavy atom. The maximum Gasteiger partial charge on any atom is 0.243 e. The zero-order chi connectivity index (χ0) is 31.6. The van der Waals surface area contributed by atoms with E-state index in [4.69, 9.17) is 23.2 Å². The average molecular weight is 647 g/mol. The predicted octanol–water partition coefficient (Wildman–Crippen LogP) is 6.71. The van der Waals surface area contributed by atoms with Gasteiger partial charge in [0.1, 0.15) is 6.04 Å². The first-order valence-electron chi connectivity index (χ1n) is 14.5. The van der Waals surface area contributed by atoms with Crippen molar-refractivity contribution in [2.45, 2.75) is 65.5 Å². The lowest BCUT2D eigenvalue weighted by Crippen LogP contribution is -2.50. The van der Waals surface area contributed by atoms with Gasteiger partial charge in [0.2, 0.25) is 21.8 Å². The summed E-state index contributed by atoms with van der Waals surface area (Å²) in [7, 11) is -3.60. The number of nitrogens with zero attached hydrogens (tertiary/aromatic N) is 2. The Morgan fingerprint density at radius 2 is 1.60 bits per heavy atom. The van der Waals surface area contributed by atoms with Gasteiger partial charge in [-0.1, -0.05) is 79.0 Å². The zero-order valence-electron chi connectivity index (χ0n) is 25.3. The lowest BCUT2D eigenvalue weighted by Gasteiger charge is -2.32. The first kappa shape index (κ1) is 34.4. The number of carbonyl (C=O) groups excluding carboxylic acids is 2. The summed E-state index contributed by atoms with van der Waals surface area (Å²) in [5.41, 5.74) is 4.03. The Bertz CT molecular complexity index is 1480. The topological polar surface area (TPSA) is 86.8 Å². The van der Waals surface area contributed by atoms with Crippen LogP contribution in [0.1, 0.15) is 54.9 Å². The molecule has 0 aromatic heterocycles. The number of hydrogen-bond acceptors (Lipinski definition) is 4. The molecule has 7 nitrogen and oxygen atoms in total. The summed E-state index contributed by atoms with van der Waals surface area (Å²) in [5, 5.41) is 3.87. The van der Waals surface area contributed by atoms with Crippen LogP contribution in [0.3, 0.4) is 0 Å². The van der Waals surface area contributed by atoms with Crippen molar-refractivity contribution in [2.24, 2.45) is 0 Å². The molecule has 0 aliphatic rings. The Kier molecular flexibility index (Phi) is 12.9. The third-order valence-electron chi connectivity index (χ3n) is 7.10. The molecule has 0 saturated carbocycles. The first-order chi connectivity index (χ1) is 20.4. The molecule has 3 aromatic carbocycles. The van der Waals surface area contributed by atoms with E-state index in [1.807, 2.05) is 69.3 Å². The quantitative estimate of drug-likeness (QED) is 0.186. The van der Waals surface area contributed by atoms with Crippen LogP contribution in [0.15, 0.2) is 66.7 Å². The van der Waals surface area contributed by atoms with Gasteiger partial charge in [0, 0.05) is 42.5 Å². The minimum atomic E-state index is -3.60. The average Bonchev–Trinajstić information content (AvgIpc) is 2.93. The van der Waals surface area contributed by atoms with Crippen molar-refractivity contribution in [1.29, 1.82) is 0 Å². The van der Waals surface area contributed by atoms with Crippen molar-refractivity contribution in [3.8, 4) is 0 Å². The largest absolute Gasteiger partial charge is 0.354 e. The van der Waals surface area contributed by atoms with Crippen LogP contribution in [0.4, 0.5) is 5.69 Å². The van der Waals surface area contributed by atoms with Gasteiger partial charge in [-0.25, -0.2) is 8.42 Å². The highest BCUT2D eigenvalue weighted by Gasteiger charge is 2.31. The van der Waals surface area contributed by atoms with Gasteiger partial charge in [0.15, 0.2) is 0 Å². The van der Waals surface area contributed by atoms with E-state index in [0.717, 1.165) is 35.8 Å². The van der Waals surface area contributed by atoms with Gasteiger partial charge >= 0.3 is 0 Å². The van der Waals surface area contributed by atoms with E-state index in [1.54, 1.807) is 23.1 Å². The fraction of sp³-hybridized carbons (Fsp3) is 0.394. The highest BCUT2D eigenvalue weighted by atomic mass is 35.5. The van der Waals surface area contributed by atoms with E-state index in [-0.39, 0.29) is 37.7 Å². The second-order valence-corrected chi connectivity index (χ2v) is 13.6. The third-order valence-corrected chi connectivity index (χ3v) is 8.88. The molecule has 0 unspecified atom stereocenters. The summed E-state index contributed by atoms with van der Waals surface area (Å²) in [6.07, 6.45) is 3.52. The molecule has 232 valence electrons. The van der Waals surface area contributed by atoms with Gasteiger partial charge < -0.3 is 10.2 Å². The molecule has 43 heavy (non-hydrogen) atoms. The molecular weight excluding hydrogens is 605 g/mol. The van der Waals surface area contributed by atoms with Crippen LogP contribution in [0.25, 0.3) is 0 Å². The molecule has 1 atom stereocenters. The van der Waals surface area contributed by atoms with Crippen molar-refractivity contribution in [3.05, 3.63) is 99.0 Å². The number of aryl methyl sites for hydroxylation is 2. The van der Waals surface area contributed by atoms with Crippen LogP contribution in [0.2, 0.25) is 10.0 Å². The van der Waals surface area contributed by atoms with Crippen molar-refractivity contribution in [3.63, 3.8) is 0 Å². The number of unbranched alkanes of at least 4 members (excludes halogenated alkanes) is 1. The zero-order valence-corrected chi connectivity index (χ0v) is 27.6. The molecule has 3 aromatic rings. The van der Waals surface area contributed by atoms with E-state index in [9.17, 15) is 18.0 Å². The van der Waals surface area contributed by atoms with Crippen LogP contribution in [-0.4, -0.2) is 50.5 Å². The Labute approximate surface area is 266 Å². The number of benzene rings is 3. The van der Waals surface area contributed by atoms with E-state index in [0.29, 0.717) is 34.3 Å². The van der Waals surface area contributed by atoms with E-state index >= 15 is 0 Å². The molecule has 0 spiro atoms. The van der Waals surface area contributed by atoms with Gasteiger partial charge in [-0.15, -0.1) is 0 Å². The normalized spacial score (nSPS) is 12.0. The van der Waals surface area contributed by atoms with Crippen LogP contribution in [-0.2, 0) is 32.6 Å². The number of amides is 2. The summed E-state index contributed by atoms with van der Waals surface area (Å²) >= 11 is 12.6. The van der Waals surface area contributed by atoms with Crippen molar-refractivity contribution >= 4 is 50.7 Å². The van der Waals surface area contributed by atoms with E-state index in [1.165, 1.54) is 4.31 Å². The van der Waals surface area contributed by atoms with Gasteiger partial charge in [-0.2, -0.15) is 0 Å². The van der Waals surface area contributed by atoms with Crippen molar-refractivity contribution < 1.29 is 18.0 Å². The molecular formula is C33H41Cl2N3O4S. The second-order valence-electron chi connectivity index (χ2n) is 10.9. The molecule has 0 aliphatic heterocycles.